The van der Waals surface area contributed by atoms with Gasteiger partial charge < -0.3 is 9.97 Å². The van der Waals surface area contributed by atoms with Crippen LogP contribution in [0.5, 0.6) is 0 Å². The van der Waals surface area contributed by atoms with Gasteiger partial charge in [-0.1, -0.05) is 121 Å². The Morgan fingerprint density at radius 1 is 0.304 bits per heavy atom. The molecule has 4 aromatic heterocycles. The maximum absolute atomic E-state index is 10.9. The molecule has 0 saturated carbocycles. The topological polar surface area (TPSA) is 127 Å². The van der Waals surface area contributed by atoms with Crippen LogP contribution in [0.25, 0.3) is 22.3 Å². The van der Waals surface area contributed by atoms with E-state index in [1.54, 1.807) is 0 Å². The summed E-state index contributed by atoms with van der Waals surface area (Å²) in [6.07, 6.45) is 0. The number of aromatic amines is 2. The fraction of sp³-hybridized carbons (Fsp3) is 0. The SMILES string of the molecule is N#Cc1c2sc(c1C#N)/C(c1ccccc1)=c1/cc/c([nH]1)=C(\c1ccccc1)c1sc(c(C#N)c1C#N)/C(c1ccccc1)=c1/cc/c([nH]1)=C/2c1ccccc1. The lowest BCUT2D eigenvalue weighted by atomic mass is 9.96. The van der Waals surface area contributed by atoms with Crippen molar-refractivity contribution in [3.63, 3.8) is 0 Å². The van der Waals surface area contributed by atoms with E-state index < -0.39 is 0 Å². The van der Waals surface area contributed by atoms with Crippen molar-refractivity contribution in [3.8, 4) is 24.3 Å². The van der Waals surface area contributed by atoms with Gasteiger partial charge in [-0.05, 0) is 46.5 Å². The number of rotatable bonds is 4. The lowest BCUT2D eigenvalue weighted by Crippen LogP contribution is -2.17. The van der Waals surface area contributed by atoms with Crippen molar-refractivity contribution in [2.75, 3.05) is 0 Å². The van der Waals surface area contributed by atoms with Crippen molar-refractivity contribution in [3.05, 3.63) is 231 Å². The van der Waals surface area contributed by atoms with E-state index in [9.17, 15) is 21.0 Å². The average Bonchev–Trinajstić information content (AvgIpc) is 4.06. The van der Waals surface area contributed by atoms with E-state index in [1.807, 2.05) is 146 Å². The number of benzene rings is 4. The predicted molar refractivity (Wildman–Crippen MR) is 220 cm³/mol. The monoisotopic (exact) mass is 750 g/mol. The summed E-state index contributed by atoms with van der Waals surface area (Å²) in [5.41, 5.74) is 7.72. The second kappa shape index (κ2) is 14.3. The zero-order chi connectivity index (χ0) is 38.2. The molecule has 8 bridgehead atoms. The van der Waals surface area contributed by atoms with E-state index in [-0.39, 0.29) is 0 Å². The van der Waals surface area contributed by atoms with Gasteiger partial charge in [-0.15, -0.1) is 22.7 Å². The van der Waals surface area contributed by atoms with Crippen LogP contribution in [0.15, 0.2) is 146 Å². The third-order valence-electron chi connectivity index (χ3n) is 9.87. The summed E-state index contributed by atoms with van der Waals surface area (Å²) in [5, 5.41) is 46.4. The molecule has 0 atom stereocenters. The second-order valence-corrected chi connectivity index (χ2v) is 15.0. The van der Waals surface area contributed by atoms with Crippen molar-refractivity contribution < 1.29 is 0 Å². The number of hydrogen-bond donors (Lipinski definition) is 2. The van der Waals surface area contributed by atoms with Crippen LogP contribution in [0, 0.1) is 45.3 Å². The molecule has 8 heteroatoms. The van der Waals surface area contributed by atoms with E-state index in [0.29, 0.717) is 41.8 Å². The van der Waals surface area contributed by atoms with E-state index in [4.69, 9.17) is 0 Å². The molecule has 0 fully saturated rings. The molecule has 4 aromatic carbocycles. The Balaban J connectivity index is 1.57. The van der Waals surface area contributed by atoms with Crippen LogP contribution < -0.4 is 21.4 Å². The molecule has 0 amide bonds. The number of hydrogen-bond acceptors (Lipinski definition) is 6. The molecule has 0 saturated heterocycles. The Hall–Kier alpha value is -7.72. The molecule has 0 spiro atoms. The highest BCUT2D eigenvalue weighted by Crippen LogP contribution is 2.41. The minimum absolute atomic E-state index is 0.295. The summed E-state index contributed by atoms with van der Waals surface area (Å²) in [6, 6.07) is 57.0. The van der Waals surface area contributed by atoms with Gasteiger partial charge in [0.25, 0.3) is 0 Å². The van der Waals surface area contributed by atoms with Crippen LogP contribution in [0.4, 0.5) is 0 Å². The van der Waals surface area contributed by atoms with Crippen molar-refractivity contribution in [1.82, 2.24) is 9.97 Å². The van der Waals surface area contributed by atoms with Crippen LogP contribution >= 0.6 is 22.7 Å². The van der Waals surface area contributed by atoms with Gasteiger partial charge in [-0.25, -0.2) is 0 Å². The van der Waals surface area contributed by atoms with Crippen LogP contribution in [-0.2, 0) is 0 Å². The zero-order valence-corrected chi connectivity index (χ0v) is 31.1. The van der Waals surface area contributed by atoms with Gasteiger partial charge in [-0.2, -0.15) is 21.0 Å². The summed E-state index contributed by atoms with van der Waals surface area (Å²) in [5.74, 6) is 0. The minimum atomic E-state index is 0.295. The molecule has 56 heavy (non-hydrogen) atoms. The standard InChI is InChI=1S/C48H26N6S2/c49-25-33-34(26-50)46-43(31-17-9-3-10-18-31)39-23-24-40(54-39)44(32-19-11-4-12-20-32)48-36(28-52)35(27-51)47(56-48)42(30-15-7-2-8-16-30)38-22-21-37(53-38)41(45(33)55-46)29-13-5-1-6-14-29/h1-24,53-54H/b41-37-,42-38-,43-39-,44-40-,45-41?,46-43?,47-42?,48-44?. The number of nitrogens with zero attached hydrogens (tertiary/aromatic N) is 4. The Morgan fingerprint density at radius 2 is 0.518 bits per heavy atom. The van der Waals surface area contributed by atoms with E-state index in [2.05, 4.69) is 34.2 Å². The first-order valence-corrected chi connectivity index (χ1v) is 19.3. The van der Waals surface area contributed by atoms with Crippen molar-refractivity contribution in [1.29, 1.82) is 21.0 Å². The first kappa shape index (κ1) is 34.1. The third kappa shape index (κ3) is 5.59. The summed E-state index contributed by atoms with van der Waals surface area (Å²) in [7, 11) is 0. The summed E-state index contributed by atoms with van der Waals surface area (Å²) < 4.78 is 0. The van der Waals surface area contributed by atoms with Crippen LogP contribution in [0.3, 0.4) is 0 Å². The molecule has 0 radical (unpaired) electrons. The molecule has 8 aromatic rings. The van der Waals surface area contributed by atoms with Crippen molar-refractivity contribution in [2.45, 2.75) is 0 Å². The fourth-order valence-electron chi connectivity index (χ4n) is 7.42. The number of fused-ring (bicyclic) bond motifs is 8. The Bertz CT molecular complexity index is 2830. The summed E-state index contributed by atoms with van der Waals surface area (Å²) >= 11 is 2.84. The van der Waals surface area contributed by atoms with E-state index in [0.717, 1.165) is 65.9 Å². The Kier molecular flexibility index (Phi) is 8.67. The molecule has 5 heterocycles. The maximum atomic E-state index is 10.9. The molecule has 2 N–H and O–H groups in total. The highest BCUT2D eigenvalue weighted by Gasteiger charge is 2.28. The van der Waals surface area contributed by atoms with Gasteiger partial charge in [0.15, 0.2) is 0 Å². The number of H-pyrrole nitrogens is 2. The van der Waals surface area contributed by atoms with Crippen molar-refractivity contribution >= 4 is 45.0 Å². The molecule has 9 rings (SSSR count). The van der Waals surface area contributed by atoms with Gasteiger partial charge in [0.1, 0.15) is 24.3 Å². The van der Waals surface area contributed by atoms with Crippen LogP contribution in [0.1, 0.15) is 64.0 Å². The molecule has 1 aliphatic heterocycles. The van der Waals surface area contributed by atoms with E-state index in [1.165, 1.54) is 22.7 Å². The minimum Gasteiger partial charge on any atom is -0.354 e. The molecule has 1 aliphatic rings. The quantitative estimate of drug-likeness (QED) is 0.197. The third-order valence-corrected chi connectivity index (χ3v) is 12.3. The number of aromatic nitrogens is 2. The molecular weight excluding hydrogens is 725 g/mol. The highest BCUT2D eigenvalue weighted by molar-refractivity contribution is 7.15. The van der Waals surface area contributed by atoms with Gasteiger partial charge in [0.2, 0.25) is 0 Å². The molecule has 0 aliphatic carbocycles. The first-order chi connectivity index (χ1) is 27.6. The second-order valence-electron chi connectivity index (χ2n) is 13.0. The lowest BCUT2D eigenvalue weighted by Gasteiger charge is -2.08. The Morgan fingerprint density at radius 3 is 0.714 bits per heavy atom. The number of nitriles is 4. The molecular formula is C48H26N6S2. The van der Waals surface area contributed by atoms with Crippen LogP contribution in [0.2, 0.25) is 0 Å². The first-order valence-electron chi connectivity index (χ1n) is 17.7. The number of nitrogens with one attached hydrogen (secondary N) is 2. The molecule has 6 nitrogen and oxygen atoms in total. The van der Waals surface area contributed by atoms with Gasteiger partial charge >= 0.3 is 0 Å². The normalized spacial score (nSPS) is 15.9. The van der Waals surface area contributed by atoms with Gasteiger partial charge in [0, 0.05) is 43.7 Å². The fourth-order valence-corrected chi connectivity index (χ4v) is 10.1. The smallest absolute Gasteiger partial charge is 0.102 e. The maximum Gasteiger partial charge on any atom is 0.102 e. The van der Waals surface area contributed by atoms with Crippen LogP contribution in [-0.4, -0.2) is 9.97 Å². The largest absolute Gasteiger partial charge is 0.354 e. The van der Waals surface area contributed by atoms with E-state index >= 15 is 0 Å². The molecule has 0 unspecified atom stereocenters. The van der Waals surface area contributed by atoms with Gasteiger partial charge in [0.05, 0.1) is 41.8 Å². The van der Waals surface area contributed by atoms with Gasteiger partial charge in [-0.3, -0.25) is 0 Å². The number of thiophene rings is 2. The highest BCUT2D eigenvalue weighted by atomic mass is 32.1. The Labute approximate surface area is 329 Å². The van der Waals surface area contributed by atoms with Crippen molar-refractivity contribution in [2.24, 2.45) is 0 Å². The molecule has 260 valence electrons. The summed E-state index contributed by atoms with van der Waals surface area (Å²) in [4.78, 5) is 10.0. The predicted octanol–water partition coefficient (Wildman–Crippen LogP) is 7.26. The zero-order valence-electron chi connectivity index (χ0n) is 29.5. The summed E-state index contributed by atoms with van der Waals surface area (Å²) in [6.45, 7) is 0. The lowest BCUT2D eigenvalue weighted by molar-refractivity contribution is 1.24. The average molecular weight is 751 g/mol.